The molecule has 2 aliphatic rings. The Bertz CT molecular complexity index is 277. The molecule has 1 heterocycles. The third-order valence-corrected chi connectivity index (χ3v) is 5.24. The molecule has 0 aromatic rings. The van der Waals surface area contributed by atoms with Crippen molar-refractivity contribution >= 4 is 0 Å². The molecule has 0 radical (unpaired) electrons. The van der Waals surface area contributed by atoms with Gasteiger partial charge in [-0.25, -0.2) is 0 Å². The molecule has 3 heteroatoms. The van der Waals surface area contributed by atoms with E-state index < -0.39 is 0 Å². The Morgan fingerprint density at radius 1 is 1.26 bits per heavy atom. The molecule has 2 fully saturated rings. The van der Waals surface area contributed by atoms with Gasteiger partial charge in [-0.3, -0.25) is 9.80 Å². The SMILES string of the molecule is CCN(CC)C1CCN(CC2(N)CCCC(C)C2)C1. The molecule has 3 unspecified atom stereocenters. The number of rotatable bonds is 5. The summed E-state index contributed by atoms with van der Waals surface area (Å²) in [6.45, 7) is 12.9. The topological polar surface area (TPSA) is 32.5 Å². The third-order valence-electron chi connectivity index (χ3n) is 5.24. The van der Waals surface area contributed by atoms with Gasteiger partial charge in [0.1, 0.15) is 0 Å². The fraction of sp³-hybridized carbons (Fsp3) is 1.00. The van der Waals surface area contributed by atoms with Crippen molar-refractivity contribution < 1.29 is 0 Å². The standard InChI is InChI=1S/C16H33N3/c1-4-19(5-2)15-8-10-18(12-15)13-16(17)9-6-7-14(3)11-16/h14-15H,4-13,17H2,1-3H3. The van der Waals surface area contributed by atoms with Crippen LogP contribution in [0.4, 0.5) is 0 Å². The van der Waals surface area contributed by atoms with Gasteiger partial charge in [-0.1, -0.05) is 33.6 Å². The number of likely N-dealkylation sites (N-methyl/N-ethyl adjacent to an activating group) is 1. The lowest BCUT2D eigenvalue weighted by Crippen LogP contribution is -2.52. The largest absolute Gasteiger partial charge is 0.324 e. The second-order valence-electron chi connectivity index (χ2n) is 6.96. The van der Waals surface area contributed by atoms with Gasteiger partial charge in [0, 0.05) is 24.7 Å². The van der Waals surface area contributed by atoms with Crippen LogP contribution in [0.25, 0.3) is 0 Å². The van der Waals surface area contributed by atoms with E-state index in [-0.39, 0.29) is 5.54 Å². The van der Waals surface area contributed by atoms with Crippen LogP contribution in [-0.2, 0) is 0 Å². The van der Waals surface area contributed by atoms with Crippen LogP contribution in [0.2, 0.25) is 0 Å². The number of nitrogens with zero attached hydrogens (tertiary/aromatic N) is 2. The normalized spacial score (nSPS) is 37.1. The molecule has 2 rings (SSSR count). The summed E-state index contributed by atoms with van der Waals surface area (Å²) in [6.07, 6.45) is 6.47. The summed E-state index contributed by atoms with van der Waals surface area (Å²) in [5.41, 5.74) is 6.75. The summed E-state index contributed by atoms with van der Waals surface area (Å²) in [6, 6.07) is 0.764. The highest BCUT2D eigenvalue weighted by Gasteiger charge is 2.35. The van der Waals surface area contributed by atoms with E-state index in [4.69, 9.17) is 5.73 Å². The van der Waals surface area contributed by atoms with Gasteiger partial charge in [-0.15, -0.1) is 0 Å². The van der Waals surface area contributed by atoms with Crippen molar-refractivity contribution in [3.8, 4) is 0 Å². The Morgan fingerprint density at radius 3 is 2.63 bits per heavy atom. The molecule has 3 atom stereocenters. The molecule has 1 aliphatic heterocycles. The summed E-state index contributed by atoms with van der Waals surface area (Å²) < 4.78 is 0. The Kier molecular flexibility index (Phi) is 5.27. The predicted octanol–water partition coefficient (Wildman–Crippen LogP) is 2.31. The molecule has 1 saturated carbocycles. The molecule has 3 nitrogen and oxygen atoms in total. The molecule has 112 valence electrons. The lowest BCUT2D eigenvalue weighted by atomic mass is 9.77. The minimum Gasteiger partial charge on any atom is -0.324 e. The van der Waals surface area contributed by atoms with Crippen molar-refractivity contribution in [2.24, 2.45) is 11.7 Å². The fourth-order valence-electron chi connectivity index (χ4n) is 4.28. The summed E-state index contributed by atoms with van der Waals surface area (Å²) in [4.78, 5) is 5.23. The first-order valence-corrected chi connectivity index (χ1v) is 8.31. The van der Waals surface area contributed by atoms with Crippen LogP contribution in [0.3, 0.4) is 0 Å². The maximum absolute atomic E-state index is 6.66. The van der Waals surface area contributed by atoms with Crippen LogP contribution in [0.5, 0.6) is 0 Å². The molecule has 0 aromatic heterocycles. The summed E-state index contributed by atoms with van der Waals surface area (Å²) >= 11 is 0. The highest BCUT2D eigenvalue weighted by molar-refractivity contribution is 4.95. The number of nitrogens with two attached hydrogens (primary N) is 1. The average molecular weight is 267 g/mol. The fourth-order valence-corrected chi connectivity index (χ4v) is 4.28. The van der Waals surface area contributed by atoms with Gasteiger partial charge in [-0.05, 0) is 44.8 Å². The molecule has 19 heavy (non-hydrogen) atoms. The van der Waals surface area contributed by atoms with E-state index in [0.29, 0.717) is 0 Å². The minimum atomic E-state index is 0.0931. The van der Waals surface area contributed by atoms with Gasteiger partial charge < -0.3 is 5.73 Å². The van der Waals surface area contributed by atoms with Crippen molar-refractivity contribution in [2.45, 2.75) is 64.5 Å². The smallest absolute Gasteiger partial charge is 0.0285 e. The average Bonchev–Trinajstić information content (AvgIpc) is 2.78. The van der Waals surface area contributed by atoms with Gasteiger partial charge in [0.25, 0.3) is 0 Å². The van der Waals surface area contributed by atoms with E-state index in [1.54, 1.807) is 0 Å². The summed E-state index contributed by atoms with van der Waals surface area (Å²) in [7, 11) is 0. The van der Waals surface area contributed by atoms with Crippen molar-refractivity contribution in [1.82, 2.24) is 9.80 Å². The van der Waals surface area contributed by atoms with Crippen LogP contribution in [-0.4, -0.2) is 54.1 Å². The van der Waals surface area contributed by atoms with Gasteiger partial charge in [0.05, 0.1) is 0 Å². The highest BCUT2D eigenvalue weighted by atomic mass is 15.3. The second kappa shape index (κ2) is 6.55. The molecule has 0 amide bonds. The van der Waals surface area contributed by atoms with Crippen LogP contribution < -0.4 is 5.73 Å². The van der Waals surface area contributed by atoms with Crippen LogP contribution in [0.15, 0.2) is 0 Å². The molecular formula is C16H33N3. The molecule has 0 bridgehead atoms. The Morgan fingerprint density at radius 2 is 2.00 bits per heavy atom. The van der Waals surface area contributed by atoms with Crippen molar-refractivity contribution in [2.75, 3.05) is 32.7 Å². The van der Waals surface area contributed by atoms with E-state index in [2.05, 4.69) is 30.6 Å². The second-order valence-corrected chi connectivity index (χ2v) is 6.96. The zero-order chi connectivity index (χ0) is 13.9. The van der Waals surface area contributed by atoms with Crippen molar-refractivity contribution in [3.05, 3.63) is 0 Å². The van der Waals surface area contributed by atoms with Gasteiger partial charge in [-0.2, -0.15) is 0 Å². The highest BCUT2D eigenvalue weighted by Crippen LogP contribution is 2.32. The zero-order valence-corrected chi connectivity index (χ0v) is 13.2. The molecule has 0 spiro atoms. The van der Waals surface area contributed by atoms with Crippen molar-refractivity contribution in [3.63, 3.8) is 0 Å². The summed E-state index contributed by atoms with van der Waals surface area (Å²) in [5, 5.41) is 0. The quantitative estimate of drug-likeness (QED) is 0.829. The van der Waals surface area contributed by atoms with Crippen molar-refractivity contribution in [1.29, 1.82) is 0 Å². The Balaban J connectivity index is 1.84. The lowest BCUT2D eigenvalue weighted by molar-refractivity contribution is 0.155. The first kappa shape index (κ1) is 15.3. The first-order valence-electron chi connectivity index (χ1n) is 8.31. The van der Waals surface area contributed by atoms with E-state index in [0.717, 1.165) is 18.5 Å². The maximum atomic E-state index is 6.66. The number of hydrogen-bond donors (Lipinski definition) is 1. The van der Waals surface area contributed by atoms with Crippen LogP contribution in [0, 0.1) is 5.92 Å². The van der Waals surface area contributed by atoms with E-state index in [1.807, 2.05) is 0 Å². The predicted molar refractivity (Wildman–Crippen MR) is 82.3 cm³/mol. The molecule has 0 aromatic carbocycles. The maximum Gasteiger partial charge on any atom is 0.0285 e. The minimum absolute atomic E-state index is 0.0931. The molecule has 1 aliphatic carbocycles. The van der Waals surface area contributed by atoms with Gasteiger partial charge in [0.2, 0.25) is 0 Å². The molecular weight excluding hydrogens is 234 g/mol. The lowest BCUT2D eigenvalue weighted by Gasteiger charge is -2.39. The Labute approximate surface area is 119 Å². The molecule has 1 saturated heterocycles. The summed E-state index contributed by atoms with van der Waals surface area (Å²) in [5.74, 6) is 0.819. The Hall–Kier alpha value is -0.120. The van der Waals surface area contributed by atoms with E-state index in [9.17, 15) is 0 Å². The van der Waals surface area contributed by atoms with E-state index >= 15 is 0 Å². The number of hydrogen-bond acceptors (Lipinski definition) is 3. The molecule has 2 N–H and O–H groups in total. The van der Waals surface area contributed by atoms with E-state index in [1.165, 1.54) is 58.3 Å². The monoisotopic (exact) mass is 267 g/mol. The van der Waals surface area contributed by atoms with Gasteiger partial charge in [0.15, 0.2) is 0 Å². The third kappa shape index (κ3) is 3.93. The zero-order valence-electron chi connectivity index (χ0n) is 13.2. The number of likely N-dealkylation sites (tertiary alicyclic amines) is 1. The van der Waals surface area contributed by atoms with Crippen LogP contribution in [0.1, 0.15) is 52.9 Å². The van der Waals surface area contributed by atoms with Crippen LogP contribution >= 0.6 is 0 Å². The van der Waals surface area contributed by atoms with Gasteiger partial charge >= 0.3 is 0 Å². The first-order chi connectivity index (χ1) is 9.06.